The molecule has 0 aliphatic carbocycles. The number of carbonyl (C=O) groups is 2. The summed E-state index contributed by atoms with van der Waals surface area (Å²) in [5, 5.41) is 0. The summed E-state index contributed by atoms with van der Waals surface area (Å²) in [4.78, 5) is 24.4. The molecule has 40 heavy (non-hydrogen) atoms. The molecule has 9 heteroatoms. The van der Waals surface area contributed by atoms with Crippen molar-refractivity contribution in [1.29, 1.82) is 0 Å². The lowest BCUT2D eigenvalue weighted by Gasteiger charge is -2.12. The largest absolute Gasteiger partial charge is 0.494 e. The summed E-state index contributed by atoms with van der Waals surface area (Å²) in [6.45, 7) is 3.27. The number of unbranched alkanes of at least 4 members (excludes halogenated alkanes) is 2. The first-order chi connectivity index (χ1) is 19.4. The van der Waals surface area contributed by atoms with Gasteiger partial charge in [0.2, 0.25) is 0 Å². The van der Waals surface area contributed by atoms with Crippen molar-refractivity contribution in [1.82, 2.24) is 0 Å². The lowest BCUT2D eigenvalue weighted by atomic mass is 10.2. The van der Waals surface area contributed by atoms with E-state index in [1.807, 2.05) is 0 Å². The lowest BCUT2D eigenvalue weighted by molar-refractivity contribution is -0.128. The Morgan fingerprint density at radius 1 is 0.775 bits per heavy atom. The molecule has 3 aromatic carbocycles. The van der Waals surface area contributed by atoms with Gasteiger partial charge in [-0.2, -0.15) is 0 Å². The van der Waals surface area contributed by atoms with Crippen LogP contribution >= 0.6 is 0 Å². The van der Waals surface area contributed by atoms with Crippen LogP contribution in [0.1, 0.15) is 48.5 Å². The third-order valence-corrected chi connectivity index (χ3v) is 5.65. The zero-order valence-corrected chi connectivity index (χ0v) is 22.9. The van der Waals surface area contributed by atoms with Gasteiger partial charge in [0.15, 0.2) is 11.5 Å². The van der Waals surface area contributed by atoms with E-state index in [9.17, 15) is 9.59 Å². The summed E-state index contributed by atoms with van der Waals surface area (Å²) < 4.78 is 27.5. The molecule has 3 aromatic rings. The maximum atomic E-state index is 12.3. The van der Waals surface area contributed by atoms with Gasteiger partial charge in [0.05, 0.1) is 32.5 Å². The molecular formula is C31H36N2O7. The van der Waals surface area contributed by atoms with Gasteiger partial charge in [0, 0.05) is 23.9 Å². The van der Waals surface area contributed by atoms with Crippen LogP contribution in [-0.4, -0.2) is 38.9 Å². The van der Waals surface area contributed by atoms with Gasteiger partial charge in [-0.1, -0.05) is 25.8 Å². The summed E-state index contributed by atoms with van der Waals surface area (Å²) in [6.07, 6.45) is 6.71. The number of carbonyl (C=O) groups excluding carboxylic acids is 2. The van der Waals surface area contributed by atoms with Gasteiger partial charge in [-0.3, -0.25) is 0 Å². The van der Waals surface area contributed by atoms with Crippen molar-refractivity contribution in [2.45, 2.75) is 32.6 Å². The van der Waals surface area contributed by atoms with E-state index < -0.39 is 11.9 Å². The van der Waals surface area contributed by atoms with E-state index in [4.69, 9.17) is 35.2 Å². The fraction of sp³-hybridized carbons (Fsp3) is 0.290. The van der Waals surface area contributed by atoms with Crippen LogP contribution in [0, 0.1) is 0 Å². The number of esters is 2. The van der Waals surface area contributed by atoms with Crippen LogP contribution in [0.2, 0.25) is 0 Å². The number of hydrogen-bond donors (Lipinski definition) is 2. The fourth-order valence-corrected chi connectivity index (χ4v) is 3.65. The topological polar surface area (TPSA) is 132 Å². The minimum atomic E-state index is -0.508. The standard InChI is InChI=1S/C31H36N2O7/c1-3-4-5-15-37-26-9-11-27(12-10-26)40-30(34)14-8-22-7-13-28(29(18-22)36-2)38-16-6-17-39-31(35)23-19-24(32)21-25(33)20-23/h7-14,18-21H,3-6,15-17,32-33H2,1-2H3/b14-8+. The van der Waals surface area contributed by atoms with Gasteiger partial charge in [-0.15, -0.1) is 0 Å². The lowest BCUT2D eigenvalue weighted by Crippen LogP contribution is -2.10. The molecule has 0 saturated carbocycles. The molecule has 0 fully saturated rings. The Bertz CT molecular complexity index is 1270. The van der Waals surface area contributed by atoms with E-state index in [1.165, 1.54) is 25.3 Å². The van der Waals surface area contributed by atoms with Crippen LogP contribution in [-0.2, 0) is 9.53 Å². The molecule has 0 amide bonds. The van der Waals surface area contributed by atoms with Gasteiger partial charge in [-0.25, -0.2) is 9.59 Å². The Morgan fingerprint density at radius 3 is 2.17 bits per heavy atom. The number of nitrogen functional groups attached to an aromatic ring is 2. The van der Waals surface area contributed by atoms with Crippen LogP contribution < -0.4 is 30.4 Å². The Morgan fingerprint density at radius 2 is 1.48 bits per heavy atom. The zero-order valence-electron chi connectivity index (χ0n) is 22.9. The average Bonchev–Trinajstić information content (AvgIpc) is 2.94. The molecular weight excluding hydrogens is 512 g/mol. The van der Waals surface area contributed by atoms with Crippen molar-refractivity contribution in [3.63, 3.8) is 0 Å². The predicted molar refractivity (Wildman–Crippen MR) is 155 cm³/mol. The highest BCUT2D eigenvalue weighted by Gasteiger charge is 2.10. The monoisotopic (exact) mass is 548 g/mol. The van der Waals surface area contributed by atoms with E-state index in [0.717, 1.165) is 30.6 Å². The first-order valence-electron chi connectivity index (χ1n) is 13.1. The Kier molecular flexibility index (Phi) is 11.7. The molecule has 0 unspecified atom stereocenters. The van der Waals surface area contributed by atoms with Crippen molar-refractivity contribution < 1.29 is 33.3 Å². The third-order valence-electron chi connectivity index (χ3n) is 5.65. The second-order valence-electron chi connectivity index (χ2n) is 8.92. The van der Waals surface area contributed by atoms with E-state index in [2.05, 4.69) is 6.92 Å². The minimum Gasteiger partial charge on any atom is -0.494 e. The van der Waals surface area contributed by atoms with E-state index in [-0.39, 0.29) is 6.61 Å². The van der Waals surface area contributed by atoms with Crippen molar-refractivity contribution in [2.24, 2.45) is 0 Å². The first kappa shape index (κ1) is 29.9. The summed E-state index contributed by atoms with van der Waals surface area (Å²) >= 11 is 0. The van der Waals surface area contributed by atoms with Crippen molar-refractivity contribution in [3.8, 4) is 23.0 Å². The molecule has 0 saturated heterocycles. The normalized spacial score (nSPS) is 10.8. The molecule has 0 bridgehead atoms. The molecule has 212 valence electrons. The minimum absolute atomic E-state index is 0.160. The summed E-state index contributed by atoms with van der Waals surface area (Å²) in [5.74, 6) is 1.18. The van der Waals surface area contributed by atoms with Crippen LogP contribution in [0.15, 0.2) is 66.7 Å². The van der Waals surface area contributed by atoms with Crippen molar-refractivity contribution >= 4 is 29.4 Å². The number of ether oxygens (including phenoxy) is 5. The van der Waals surface area contributed by atoms with Crippen LogP contribution in [0.3, 0.4) is 0 Å². The second-order valence-corrected chi connectivity index (χ2v) is 8.92. The van der Waals surface area contributed by atoms with E-state index in [0.29, 0.717) is 53.8 Å². The summed E-state index contributed by atoms with van der Waals surface area (Å²) in [7, 11) is 1.53. The van der Waals surface area contributed by atoms with Gasteiger partial charge in [0.25, 0.3) is 0 Å². The molecule has 3 rings (SSSR count). The summed E-state index contributed by atoms with van der Waals surface area (Å²) in [5.41, 5.74) is 13.2. The van der Waals surface area contributed by atoms with Crippen LogP contribution in [0.5, 0.6) is 23.0 Å². The molecule has 4 N–H and O–H groups in total. The SMILES string of the molecule is CCCCCOc1ccc(OC(=O)/C=C/c2ccc(OCCCOC(=O)c3cc(N)cc(N)c3)c(OC)c2)cc1. The Labute approximate surface area is 234 Å². The molecule has 0 spiro atoms. The average molecular weight is 549 g/mol. The number of hydrogen-bond acceptors (Lipinski definition) is 9. The number of anilines is 2. The number of benzene rings is 3. The first-order valence-corrected chi connectivity index (χ1v) is 13.1. The molecule has 0 atom stereocenters. The molecule has 9 nitrogen and oxygen atoms in total. The van der Waals surface area contributed by atoms with Crippen molar-refractivity contribution in [3.05, 3.63) is 77.9 Å². The molecule has 0 radical (unpaired) electrons. The maximum absolute atomic E-state index is 12.3. The van der Waals surface area contributed by atoms with Gasteiger partial charge >= 0.3 is 11.9 Å². The van der Waals surface area contributed by atoms with Gasteiger partial charge in [0.1, 0.15) is 11.5 Å². The quantitative estimate of drug-likeness (QED) is 0.0810. The van der Waals surface area contributed by atoms with E-state index in [1.54, 1.807) is 54.6 Å². The maximum Gasteiger partial charge on any atom is 0.338 e. The molecule has 0 aliphatic heterocycles. The van der Waals surface area contributed by atoms with Crippen molar-refractivity contribution in [2.75, 3.05) is 38.4 Å². The highest BCUT2D eigenvalue weighted by molar-refractivity contribution is 5.91. The molecule has 0 aliphatic rings. The van der Waals surface area contributed by atoms with Crippen LogP contribution in [0.4, 0.5) is 11.4 Å². The molecule has 0 heterocycles. The highest BCUT2D eigenvalue weighted by Crippen LogP contribution is 2.29. The fourth-order valence-electron chi connectivity index (χ4n) is 3.65. The second kappa shape index (κ2) is 15.7. The Hall–Kier alpha value is -4.66. The van der Waals surface area contributed by atoms with Gasteiger partial charge < -0.3 is 35.2 Å². The molecule has 0 aromatic heterocycles. The number of methoxy groups -OCH3 is 1. The van der Waals surface area contributed by atoms with Crippen LogP contribution in [0.25, 0.3) is 6.08 Å². The number of nitrogens with two attached hydrogens (primary N) is 2. The van der Waals surface area contributed by atoms with E-state index >= 15 is 0 Å². The summed E-state index contributed by atoms with van der Waals surface area (Å²) in [6, 6.07) is 16.8. The predicted octanol–water partition coefficient (Wildman–Crippen LogP) is 5.67. The Balaban J connectivity index is 1.43. The number of rotatable bonds is 15. The van der Waals surface area contributed by atoms with Gasteiger partial charge in [-0.05, 0) is 72.7 Å². The smallest absolute Gasteiger partial charge is 0.338 e. The zero-order chi connectivity index (χ0) is 28.7. The third kappa shape index (κ3) is 9.90. The highest BCUT2D eigenvalue weighted by atomic mass is 16.5.